The van der Waals surface area contributed by atoms with Gasteiger partial charge in [0.2, 0.25) is 5.91 Å². The minimum atomic E-state index is -0.349. The van der Waals surface area contributed by atoms with E-state index < -0.39 is 0 Å². The highest BCUT2D eigenvalue weighted by atomic mass is 16.2. The average Bonchev–Trinajstić information content (AvgIpc) is 2.84. The average molecular weight is 184 g/mol. The summed E-state index contributed by atoms with van der Waals surface area (Å²) in [5.41, 5.74) is 5.57. The predicted molar refractivity (Wildman–Crippen MR) is 53.2 cm³/mol. The molecule has 0 saturated heterocycles. The van der Waals surface area contributed by atoms with Gasteiger partial charge in [-0.1, -0.05) is 6.92 Å². The second-order valence-electron chi connectivity index (χ2n) is 4.50. The Morgan fingerprint density at radius 3 is 2.54 bits per heavy atom. The van der Waals surface area contributed by atoms with Crippen LogP contribution in [0, 0.1) is 5.92 Å². The van der Waals surface area contributed by atoms with Crippen molar-refractivity contribution < 1.29 is 4.79 Å². The van der Waals surface area contributed by atoms with Crippen molar-refractivity contribution in [3.63, 3.8) is 0 Å². The van der Waals surface area contributed by atoms with Gasteiger partial charge in [-0.2, -0.15) is 0 Å². The largest absolute Gasteiger partial charge is 0.350 e. The Bertz CT molecular complexity index is 197. The van der Waals surface area contributed by atoms with Crippen LogP contribution in [0.1, 0.15) is 40.0 Å². The lowest BCUT2D eigenvalue weighted by Gasteiger charge is -2.27. The predicted octanol–water partition coefficient (Wildman–Crippen LogP) is 1.03. The van der Waals surface area contributed by atoms with Crippen LogP contribution in [0.3, 0.4) is 0 Å². The highest BCUT2D eigenvalue weighted by Gasteiger charge is 2.39. The van der Waals surface area contributed by atoms with Gasteiger partial charge in [0.05, 0.1) is 6.04 Å². The fraction of sp³-hybridized carbons (Fsp3) is 0.900. The molecule has 1 aliphatic rings. The third-order valence-corrected chi connectivity index (χ3v) is 2.82. The zero-order valence-electron chi connectivity index (χ0n) is 8.76. The molecule has 3 N–H and O–H groups in total. The Hall–Kier alpha value is -0.570. The molecule has 76 valence electrons. The number of carbonyl (C=O) groups is 1. The van der Waals surface area contributed by atoms with Crippen molar-refractivity contribution in [3.8, 4) is 0 Å². The summed E-state index contributed by atoms with van der Waals surface area (Å²) in [5.74, 6) is 0.639. The lowest BCUT2D eigenvalue weighted by Crippen LogP contribution is -2.51. The molecule has 1 aliphatic carbocycles. The van der Waals surface area contributed by atoms with Crippen LogP contribution in [-0.2, 0) is 4.79 Å². The Morgan fingerprint density at radius 2 is 2.15 bits per heavy atom. The van der Waals surface area contributed by atoms with Gasteiger partial charge in [-0.15, -0.1) is 0 Å². The van der Waals surface area contributed by atoms with Gasteiger partial charge in [0.1, 0.15) is 0 Å². The third-order valence-electron chi connectivity index (χ3n) is 2.82. The maximum atomic E-state index is 11.5. The Labute approximate surface area is 80.1 Å². The van der Waals surface area contributed by atoms with Gasteiger partial charge in [-0.05, 0) is 39.0 Å². The number of amides is 1. The quantitative estimate of drug-likeness (QED) is 0.685. The van der Waals surface area contributed by atoms with Crippen molar-refractivity contribution >= 4 is 5.91 Å². The minimum Gasteiger partial charge on any atom is -0.350 e. The molecule has 0 aromatic rings. The van der Waals surface area contributed by atoms with Gasteiger partial charge < -0.3 is 11.1 Å². The van der Waals surface area contributed by atoms with Crippen LogP contribution >= 0.6 is 0 Å². The van der Waals surface area contributed by atoms with E-state index in [2.05, 4.69) is 19.2 Å². The van der Waals surface area contributed by atoms with Crippen molar-refractivity contribution in [2.24, 2.45) is 11.7 Å². The summed E-state index contributed by atoms with van der Waals surface area (Å²) in [7, 11) is 0. The first kappa shape index (κ1) is 10.5. The first-order valence-electron chi connectivity index (χ1n) is 5.05. The van der Waals surface area contributed by atoms with E-state index in [-0.39, 0.29) is 17.5 Å². The smallest absolute Gasteiger partial charge is 0.237 e. The van der Waals surface area contributed by atoms with Crippen molar-refractivity contribution in [1.82, 2.24) is 5.32 Å². The van der Waals surface area contributed by atoms with Gasteiger partial charge >= 0.3 is 0 Å². The maximum Gasteiger partial charge on any atom is 0.237 e. The highest BCUT2D eigenvalue weighted by Crippen LogP contribution is 2.39. The SMILES string of the molecule is CCC(N)C(=O)NC(C)(C)C1CC1. The summed E-state index contributed by atoms with van der Waals surface area (Å²) in [6.45, 7) is 6.07. The van der Waals surface area contributed by atoms with Crippen LogP contribution in [0.2, 0.25) is 0 Å². The first-order chi connectivity index (χ1) is 5.97. The summed E-state index contributed by atoms with van der Waals surface area (Å²) in [5, 5.41) is 3.00. The molecule has 3 heteroatoms. The fourth-order valence-corrected chi connectivity index (χ4v) is 1.50. The van der Waals surface area contributed by atoms with Crippen molar-refractivity contribution in [2.45, 2.75) is 51.6 Å². The van der Waals surface area contributed by atoms with E-state index in [1.165, 1.54) is 12.8 Å². The van der Waals surface area contributed by atoms with Crippen LogP contribution in [0.25, 0.3) is 0 Å². The number of carbonyl (C=O) groups excluding carboxylic acids is 1. The molecular weight excluding hydrogens is 164 g/mol. The summed E-state index contributed by atoms with van der Waals surface area (Å²) >= 11 is 0. The summed E-state index contributed by atoms with van der Waals surface area (Å²) in [6.07, 6.45) is 3.16. The van der Waals surface area contributed by atoms with Gasteiger partial charge in [0.25, 0.3) is 0 Å². The van der Waals surface area contributed by atoms with E-state index in [0.29, 0.717) is 12.3 Å². The summed E-state index contributed by atoms with van der Waals surface area (Å²) in [4.78, 5) is 11.5. The topological polar surface area (TPSA) is 55.1 Å². The second-order valence-corrected chi connectivity index (χ2v) is 4.50. The van der Waals surface area contributed by atoms with E-state index in [4.69, 9.17) is 5.73 Å². The molecule has 1 amide bonds. The van der Waals surface area contributed by atoms with Gasteiger partial charge in [0.15, 0.2) is 0 Å². The monoisotopic (exact) mass is 184 g/mol. The molecule has 13 heavy (non-hydrogen) atoms. The Morgan fingerprint density at radius 1 is 1.62 bits per heavy atom. The van der Waals surface area contributed by atoms with E-state index in [1.54, 1.807) is 0 Å². The molecule has 1 saturated carbocycles. The molecule has 0 heterocycles. The number of hydrogen-bond donors (Lipinski definition) is 2. The van der Waals surface area contributed by atoms with Gasteiger partial charge in [-0.3, -0.25) is 4.79 Å². The molecule has 0 aromatic carbocycles. The fourth-order valence-electron chi connectivity index (χ4n) is 1.50. The molecule has 0 radical (unpaired) electrons. The van der Waals surface area contributed by atoms with Crippen molar-refractivity contribution in [1.29, 1.82) is 0 Å². The van der Waals surface area contributed by atoms with E-state index in [9.17, 15) is 4.79 Å². The molecule has 0 aliphatic heterocycles. The van der Waals surface area contributed by atoms with Crippen LogP contribution < -0.4 is 11.1 Å². The van der Waals surface area contributed by atoms with Crippen molar-refractivity contribution in [3.05, 3.63) is 0 Å². The molecule has 1 unspecified atom stereocenters. The van der Waals surface area contributed by atoms with Gasteiger partial charge in [0, 0.05) is 5.54 Å². The molecule has 0 spiro atoms. The summed E-state index contributed by atoms with van der Waals surface area (Å²) < 4.78 is 0. The molecule has 1 fully saturated rings. The number of nitrogens with two attached hydrogens (primary N) is 1. The van der Waals surface area contributed by atoms with Crippen LogP contribution in [0.15, 0.2) is 0 Å². The zero-order chi connectivity index (χ0) is 10.1. The molecule has 1 rings (SSSR count). The minimum absolute atomic E-state index is 0.0144. The van der Waals surface area contributed by atoms with E-state index >= 15 is 0 Å². The van der Waals surface area contributed by atoms with Crippen LogP contribution in [-0.4, -0.2) is 17.5 Å². The standard InChI is InChI=1S/C10H20N2O/c1-4-8(11)9(13)12-10(2,3)7-5-6-7/h7-8H,4-6,11H2,1-3H3,(H,12,13). The maximum absolute atomic E-state index is 11.5. The van der Waals surface area contributed by atoms with Crippen LogP contribution in [0.4, 0.5) is 0 Å². The molecule has 1 atom stereocenters. The molecule has 0 aromatic heterocycles. The van der Waals surface area contributed by atoms with Crippen LogP contribution in [0.5, 0.6) is 0 Å². The third kappa shape index (κ3) is 2.69. The van der Waals surface area contributed by atoms with Crippen molar-refractivity contribution in [2.75, 3.05) is 0 Å². The zero-order valence-corrected chi connectivity index (χ0v) is 8.76. The highest BCUT2D eigenvalue weighted by molar-refractivity contribution is 5.82. The normalized spacial score (nSPS) is 19.7. The second kappa shape index (κ2) is 3.66. The Kier molecular flexibility index (Phi) is 2.96. The lowest BCUT2D eigenvalue weighted by molar-refractivity contribution is -0.124. The number of hydrogen-bond acceptors (Lipinski definition) is 2. The lowest BCUT2D eigenvalue weighted by atomic mass is 9.98. The van der Waals surface area contributed by atoms with Gasteiger partial charge in [-0.25, -0.2) is 0 Å². The summed E-state index contributed by atoms with van der Waals surface area (Å²) in [6, 6.07) is -0.349. The molecular formula is C10H20N2O. The van der Waals surface area contributed by atoms with E-state index in [1.807, 2.05) is 6.92 Å². The number of rotatable bonds is 4. The molecule has 3 nitrogen and oxygen atoms in total. The first-order valence-corrected chi connectivity index (χ1v) is 5.05. The molecule has 0 bridgehead atoms. The number of nitrogens with one attached hydrogen (secondary N) is 1. The Balaban J connectivity index is 2.42. The van der Waals surface area contributed by atoms with E-state index in [0.717, 1.165) is 0 Å².